The van der Waals surface area contributed by atoms with Crippen LogP contribution in [0, 0.1) is 0 Å². The number of amides is 1. The zero-order valence-corrected chi connectivity index (χ0v) is 15.1. The van der Waals surface area contributed by atoms with Crippen molar-refractivity contribution in [2.75, 3.05) is 6.73 Å². The van der Waals surface area contributed by atoms with Gasteiger partial charge in [0.2, 0.25) is 0 Å². The Morgan fingerprint density at radius 3 is 2.40 bits per heavy atom. The molecule has 0 fully saturated rings. The summed E-state index contributed by atoms with van der Waals surface area (Å²) in [5, 5.41) is 8.14. The number of rotatable bonds is 7. The SMILES string of the molecule is O=C1c2ccccc2C(OCc2ccsc2)N1COCc1ccsc1. The zero-order valence-electron chi connectivity index (χ0n) is 13.5. The maximum absolute atomic E-state index is 12.7. The monoisotopic (exact) mass is 371 g/mol. The fourth-order valence-corrected chi connectivity index (χ4v) is 4.14. The third kappa shape index (κ3) is 3.52. The number of hydrogen-bond acceptors (Lipinski definition) is 5. The molecule has 3 aromatic rings. The zero-order chi connectivity index (χ0) is 17.1. The van der Waals surface area contributed by atoms with E-state index in [4.69, 9.17) is 9.47 Å². The van der Waals surface area contributed by atoms with Gasteiger partial charge in [0.1, 0.15) is 6.73 Å². The summed E-state index contributed by atoms with van der Waals surface area (Å²) < 4.78 is 11.8. The Balaban J connectivity index is 1.47. The Kier molecular flexibility index (Phi) is 4.94. The van der Waals surface area contributed by atoms with E-state index in [9.17, 15) is 4.79 Å². The number of carbonyl (C=O) groups is 1. The molecular weight excluding hydrogens is 354 g/mol. The van der Waals surface area contributed by atoms with Crippen LogP contribution in [0.3, 0.4) is 0 Å². The van der Waals surface area contributed by atoms with E-state index in [1.54, 1.807) is 27.6 Å². The molecule has 4 nitrogen and oxygen atoms in total. The molecule has 0 bridgehead atoms. The van der Waals surface area contributed by atoms with Gasteiger partial charge in [0, 0.05) is 11.1 Å². The molecule has 0 spiro atoms. The molecule has 0 saturated heterocycles. The van der Waals surface area contributed by atoms with Gasteiger partial charge in [0.05, 0.1) is 13.2 Å². The third-order valence-corrected chi connectivity index (χ3v) is 5.53. The number of benzene rings is 1. The molecule has 0 saturated carbocycles. The molecule has 1 amide bonds. The summed E-state index contributed by atoms with van der Waals surface area (Å²) in [5.41, 5.74) is 3.82. The maximum atomic E-state index is 12.7. The van der Waals surface area contributed by atoms with Gasteiger partial charge in [-0.05, 0) is 50.8 Å². The average molecular weight is 371 g/mol. The Labute approximate surface area is 154 Å². The first kappa shape index (κ1) is 16.5. The van der Waals surface area contributed by atoms with Gasteiger partial charge in [-0.15, -0.1) is 0 Å². The molecule has 0 radical (unpaired) electrons. The first-order chi connectivity index (χ1) is 12.3. The summed E-state index contributed by atoms with van der Waals surface area (Å²) in [4.78, 5) is 14.4. The van der Waals surface area contributed by atoms with E-state index >= 15 is 0 Å². The van der Waals surface area contributed by atoms with Crippen LogP contribution >= 0.6 is 22.7 Å². The van der Waals surface area contributed by atoms with Crippen molar-refractivity contribution in [2.24, 2.45) is 0 Å². The Morgan fingerprint density at radius 1 is 0.960 bits per heavy atom. The van der Waals surface area contributed by atoms with Crippen LogP contribution in [0.5, 0.6) is 0 Å². The van der Waals surface area contributed by atoms with E-state index in [1.807, 2.05) is 52.5 Å². The smallest absolute Gasteiger partial charge is 0.258 e. The average Bonchev–Trinajstić information content (AvgIpc) is 3.37. The minimum absolute atomic E-state index is 0.0452. The van der Waals surface area contributed by atoms with E-state index in [2.05, 4.69) is 5.38 Å². The highest BCUT2D eigenvalue weighted by molar-refractivity contribution is 7.08. The minimum Gasteiger partial charge on any atom is -0.356 e. The molecule has 25 heavy (non-hydrogen) atoms. The van der Waals surface area contributed by atoms with Gasteiger partial charge in [-0.2, -0.15) is 22.7 Å². The summed E-state index contributed by atoms with van der Waals surface area (Å²) >= 11 is 3.27. The summed E-state index contributed by atoms with van der Waals surface area (Å²) in [6.45, 7) is 1.16. The standard InChI is InChI=1S/C19H17NO3S2/c21-18-16-3-1-2-4-17(16)19(23-10-15-6-8-25-12-15)20(18)13-22-9-14-5-7-24-11-14/h1-8,11-12,19H,9-10,13H2. The van der Waals surface area contributed by atoms with Crippen LogP contribution in [0.15, 0.2) is 57.9 Å². The van der Waals surface area contributed by atoms with Crippen LogP contribution in [0.1, 0.15) is 33.3 Å². The van der Waals surface area contributed by atoms with E-state index in [0.717, 1.165) is 16.7 Å². The fourth-order valence-electron chi connectivity index (χ4n) is 2.83. The molecule has 0 aliphatic carbocycles. The minimum atomic E-state index is -0.411. The van der Waals surface area contributed by atoms with Crippen molar-refractivity contribution in [2.45, 2.75) is 19.4 Å². The quantitative estimate of drug-likeness (QED) is 0.606. The van der Waals surface area contributed by atoms with Crippen LogP contribution in [0.25, 0.3) is 0 Å². The number of thiophene rings is 2. The highest BCUT2D eigenvalue weighted by Crippen LogP contribution is 2.35. The Morgan fingerprint density at radius 2 is 1.68 bits per heavy atom. The second kappa shape index (κ2) is 7.49. The van der Waals surface area contributed by atoms with E-state index in [1.165, 1.54) is 0 Å². The van der Waals surface area contributed by atoms with Gasteiger partial charge < -0.3 is 9.47 Å². The van der Waals surface area contributed by atoms with Crippen molar-refractivity contribution in [3.05, 3.63) is 80.2 Å². The maximum Gasteiger partial charge on any atom is 0.258 e. The predicted molar refractivity (Wildman–Crippen MR) is 98.4 cm³/mol. The molecule has 4 rings (SSSR count). The predicted octanol–water partition coefficient (Wildman–Crippen LogP) is 4.66. The molecule has 2 aromatic heterocycles. The highest BCUT2D eigenvalue weighted by atomic mass is 32.1. The van der Waals surface area contributed by atoms with Gasteiger partial charge in [0.25, 0.3) is 5.91 Å². The molecule has 1 aliphatic rings. The second-order valence-corrected chi connectivity index (χ2v) is 7.33. The van der Waals surface area contributed by atoms with E-state index < -0.39 is 6.23 Å². The van der Waals surface area contributed by atoms with Crippen molar-refractivity contribution in [3.8, 4) is 0 Å². The molecule has 1 aromatic carbocycles. The molecule has 3 heterocycles. The van der Waals surface area contributed by atoms with Crippen LogP contribution in [0.2, 0.25) is 0 Å². The largest absolute Gasteiger partial charge is 0.356 e. The molecule has 6 heteroatoms. The second-order valence-electron chi connectivity index (χ2n) is 5.77. The number of nitrogens with zero attached hydrogens (tertiary/aromatic N) is 1. The molecular formula is C19H17NO3S2. The number of fused-ring (bicyclic) bond motifs is 1. The topological polar surface area (TPSA) is 38.8 Å². The van der Waals surface area contributed by atoms with Gasteiger partial charge in [0.15, 0.2) is 6.23 Å². The first-order valence-electron chi connectivity index (χ1n) is 7.94. The number of ether oxygens (including phenoxy) is 2. The van der Waals surface area contributed by atoms with Crippen LogP contribution < -0.4 is 0 Å². The van der Waals surface area contributed by atoms with Crippen LogP contribution in [-0.2, 0) is 22.7 Å². The van der Waals surface area contributed by atoms with Crippen molar-refractivity contribution >= 4 is 28.6 Å². The molecule has 1 atom stereocenters. The number of carbonyl (C=O) groups excluding carboxylic acids is 1. The van der Waals surface area contributed by atoms with Crippen molar-refractivity contribution < 1.29 is 14.3 Å². The van der Waals surface area contributed by atoms with Crippen molar-refractivity contribution in [1.82, 2.24) is 4.90 Å². The van der Waals surface area contributed by atoms with Gasteiger partial charge in [-0.1, -0.05) is 18.2 Å². The van der Waals surface area contributed by atoms with E-state index in [0.29, 0.717) is 18.8 Å². The molecule has 1 aliphatic heterocycles. The first-order valence-corrected chi connectivity index (χ1v) is 9.83. The number of hydrogen-bond donors (Lipinski definition) is 0. The molecule has 128 valence electrons. The molecule has 0 N–H and O–H groups in total. The van der Waals surface area contributed by atoms with Gasteiger partial charge in [-0.25, -0.2) is 0 Å². The Hall–Kier alpha value is -1.99. The van der Waals surface area contributed by atoms with Gasteiger partial charge >= 0.3 is 0 Å². The lowest BCUT2D eigenvalue weighted by Crippen LogP contribution is -2.31. The normalized spacial score (nSPS) is 16.4. The van der Waals surface area contributed by atoms with Crippen molar-refractivity contribution in [1.29, 1.82) is 0 Å². The summed E-state index contributed by atoms with van der Waals surface area (Å²) in [7, 11) is 0. The summed E-state index contributed by atoms with van der Waals surface area (Å²) in [6, 6.07) is 11.7. The third-order valence-electron chi connectivity index (χ3n) is 4.07. The van der Waals surface area contributed by atoms with E-state index in [-0.39, 0.29) is 12.6 Å². The lowest BCUT2D eigenvalue weighted by Gasteiger charge is -2.25. The fraction of sp³-hybridized carbons (Fsp3) is 0.211. The van der Waals surface area contributed by atoms with Gasteiger partial charge in [-0.3, -0.25) is 9.69 Å². The highest BCUT2D eigenvalue weighted by Gasteiger charge is 2.37. The lowest BCUT2D eigenvalue weighted by molar-refractivity contribution is -0.0921. The van der Waals surface area contributed by atoms with Crippen molar-refractivity contribution in [3.63, 3.8) is 0 Å². The van der Waals surface area contributed by atoms with Crippen LogP contribution in [0.4, 0.5) is 0 Å². The Bertz CT molecular complexity index is 830. The lowest BCUT2D eigenvalue weighted by atomic mass is 10.1. The molecule has 1 unspecified atom stereocenters. The summed E-state index contributed by atoms with van der Waals surface area (Å²) in [6.07, 6.45) is -0.411. The van der Waals surface area contributed by atoms with Crippen LogP contribution in [-0.4, -0.2) is 17.5 Å². The summed E-state index contributed by atoms with van der Waals surface area (Å²) in [5.74, 6) is -0.0452.